The molecule has 3 atom stereocenters. The summed E-state index contributed by atoms with van der Waals surface area (Å²) in [6.07, 6.45) is 2.61. The van der Waals surface area contributed by atoms with Crippen molar-refractivity contribution in [3.8, 4) is 0 Å². The number of nitrogens with zero attached hydrogens (tertiary/aromatic N) is 1. The average Bonchev–Trinajstić information content (AvgIpc) is 2.70. The molecule has 1 heterocycles. The van der Waals surface area contributed by atoms with Gasteiger partial charge in [0.1, 0.15) is 0 Å². The number of carbonyl (C=O) groups excluding carboxylic acids is 1. The molecule has 1 aliphatic heterocycles. The van der Waals surface area contributed by atoms with Crippen LogP contribution in [0.2, 0.25) is 0 Å². The van der Waals surface area contributed by atoms with Crippen LogP contribution in [0.5, 0.6) is 0 Å². The predicted octanol–water partition coefficient (Wildman–Crippen LogP) is 2.90. The minimum absolute atomic E-state index is 0. The Morgan fingerprint density at radius 1 is 1.26 bits per heavy atom. The second-order valence-corrected chi connectivity index (χ2v) is 5.30. The molecular formula is C15H23ClN2O. The first-order chi connectivity index (χ1) is 8.59. The van der Waals surface area contributed by atoms with Crippen LogP contribution in [-0.4, -0.2) is 22.9 Å². The highest BCUT2D eigenvalue weighted by molar-refractivity contribution is 5.85. The highest BCUT2D eigenvalue weighted by Crippen LogP contribution is 2.26. The van der Waals surface area contributed by atoms with Crippen molar-refractivity contribution in [2.45, 2.75) is 51.2 Å². The third-order valence-electron chi connectivity index (χ3n) is 3.86. The fraction of sp³-hybridized carbons (Fsp3) is 0.533. The van der Waals surface area contributed by atoms with Crippen LogP contribution in [-0.2, 0) is 4.79 Å². The summed E-state index contributed by atoms with van der Waals surface area (Å²) in [6.45, 7) is 4.24. The van der Waals surface area contributed by atoms with Gasteiger partial charge in [0.2, 0.25) is 5.91 Å². The van der Waals surface area contributed by atoms with Gasteiger partial charge >= 0.3 is 0 Å². The standard InChI is InChI=1S/C15H22N2O.ClH/c1-11-8-9-12(2)17(11)15(18)10-14(16)13-6-4-3-5-7-13;/h3-7,11-12,14H,8-10,16H2,1-2H3;1H. The maximum absolute atomic E-state index is 12.3. The minimum Gasteiger partial charge on any atom is -0.337 e. The summed E-state index contributed by atoms with van der Waals surface area (Å²) >= 11 is 0. The topological polar surface area (TPSA) is 46.3 Å². The van der Waals surface area contributed by atoms with E-state index in [4.69, 9.17) is 5.73 Å². The van der Waals surface area contributed by atoms with Crippen molar-refractivity contribution in [1.29, 1.82) is 0 Å². The maximum Gasteiger partial charge on any atom is 0.224 e. The molecule has 1 fully saturated rings. The first-order valence-corrected chi connectivity index (χ1v) is 6.71. The van der Waals surface area contributed by atoms with Crippen LogP contribution >= 0.6 is 12.4 Å². The van der Waals surface area contributed by atoms with E-state index < -0.39 is 0 Å². The van der Waals surface area contributed by atoms with Gasteiger partial charge in [0, 0.05) is 24.5 Å². The summed E-state index contributed by atoms with van der Waals surface area (Å²) in [4.78, 5) is 14.3. The normalized spacial score (nSPS) is 23.8. The van der Waals surface area contributed by atoms with E-state index in [1.165, 1.54) is 0 Å². The van der Waals surface area contributed by atoms with E-state index >= 15 is 0 Å². The Kier molecular flexibility index (Phi) is 5.83. The Balaban J connectivity index is 0.00000180. The largest absolute Gasteiger partial charge is 0.337 e. The molecule has 19 heavy (non-hydrogen) atoms. The van der Waals surface area contributed by atoms with Crippen LogP contribution in [0.4, 0.5) is 0 Å². The third kappa shape index (κ3) is 3.71. The van der Waals surface area contributed by atoms with Crippen molar-refractivity contribution in [1.82, 2.24) is 4.90 Å². The molecule has 2 rings (SSSR count). The fourth-order valence-corrected chi connectivity index (χ4v) is 2.80. The highest BCUT2D eigenvalue weighted by atomic mass is 35.5. The molecule has 0 radical (unpaired) electrons. The number of carbonyl (C=O) groups is 1. The molecule has 1 saturated heterocycles. The van der Waals surface area contributed by atoms with E-state index in [1.807, 2.05) is 35.2 Å². The van der Waals surface area contributed by atoms with Gasteiger partial charge < -0.3 is 10.6 Å². The van der Waals surface area contributed by atoms with Crippen LogP contribution in [0.25, 0.3) is 0 Å². The second-order valence-electron chi connectivity index (χ2n) is 5.30. The number of hydrogen-bond donors (Lipinski definition) is 1. The van der Waals surface area contributed by atoms with E-state index in [-0.39, 0.29) is 24.4 Å². The van der Waals surface area contributed by atoms with Crippen LogP contribution in [0.15, 0.2) is 30.3 Å². The lowest BCUT2D eigenvalue weighted by atomic mass is 10.0. The van der Waals surface area contributed by atoms with E-state index in [9.17, 15) is 4.79 Å². The monoisotopic (exact) mass is 282 g/mol. The maximum atomic E-state index is 12.3. The molecule has 3 nitrogen and oxygen atoms in total. The molecule has 106 valence electrons. The molecule has 0 bridgehead atoms. The summed E-state index contributed by atoms with van der Waals surface area (Å²) in [5.41, 5.74) is 7.14. The van der Waals surface area contributed by atoms with Gasteiger partial charge in [-0.05, 0) is 32.3 Å². The van der Waals surface area contributed by atoms with Gasteiger partial charge in [-0.1, -0.05) is 30.3 Å². The van der Waals surface area contributed by atoms with Crippen LogP contribution in [0, 0.1) is 0 Å². The van der Waals surface area contributed by atoms with Crippen LogP contribution in [0.1, 0.15) is 44.7 Å². The van der Waals surface area contributed by atoms with Gasteiger partial charge in [-0.3, -0.25) is 4.79 Å². The molecule has 1 amide bonds. The number of nitrogens with two attached hydrogens (primary N) is 1. The molecule has 1 aromatic carbocycles. The molecule has 1 aliphatic rings. The summed E-state index contributed by atoms with van der Waals surface area (Å²) in [7, 11) is 0. The first-order valence-electron chi connectivity index (χ1n) is 6.71. The number of hydrogen-bond acceptors (Lipinski definition) is 2. The summed E-state index contributed by atoms with van der Waals surface area (Å²) in [5.74, 6) is 0.184. The Bertz CT molecular complexity index is 400. The molecule has 2 N–H and O–H groups in total. The van der Waals surface area contributed by atoms with Crippen molar-refractivity contribution in [3.63, 3.8) is 0 Å². The lowest BCUT2D eigenvalue weighted by Gasteiger charge is -2.27. The van der Waals surface area contributed by atoms with Gasteiger partial charge in [-0.15, -0.1) is 12.4 Å². The van der Waals surface area contributed by atoms with E-state index in [1.54, 1.807) is 0 Å². The molecule has 0 spiro atoms. The van der Waals surface area contributed by atoms with E-state index in [0.717, 1.165) is 18.4 Å². The number of halogens is 1. The third-order valence-corrected chi connectivity index (χ3v) is 3.86. The first kappa shape index (κ1) is 16.0. The lowest BCUT2D eigenvalue weighted by Crippen LogP contribution is -2.39. The number of likely N-dealkylation sites (tertiary alicyclic amines) is 1. The van der Waals surface area contributed by atoms with Crippen LogP contribution < -0.4 is 5.73 Å². The zero-order chi connectivity index (χ0) is 13.1. The molecule has 0 aromatic heterocycles. The highest BCUT2D eigenvalue weighted by Gasteiger charge is 2.31. The Morgan fingerprint density at radius 2 is 1.79 bits per heavy atom. The predicted molar refractivity (Wildman–Crippen MR) is 80.2 cm³/mol. The van der Waals surface area contributed by atoms with Gasteiger partial charge in [0.05, 0.1) is 0 Å². The number of amides is 1. The molecule has 1 aromatic rings. The second kappa shape index (κ2) is 6.92. The van der Waals surface area contributed by atoms with E-state index in [2.05, 4.69) is 13.8 Å². The fourth-order valence-electron chi connectivity index (χ4n) is 2.80. The number of rotatable bonds is 3. The SMILES string of the molecule is CC1CCC(C)N1C(=O)CC(N)c1ccccc1.Cl. The molecule has 4 heteroatoms. The molecular weight excluding hydrogens is 260 g/mol. The zero-order valence-electron chi connectivity index (χ0n) is 11.6. The van der Waals surface area contributed by atoms with Crippen molar-refractivity contribution in [2.24, 2.45) is 5.73 Å². The van der Waals surface area contributed by atoms with Crippen molar-refractivity contribution < 1.29 is 4.79 Å². The van der Waals surface area contributed by atoms with Gasteiger partial charge in [-0.25, -0.2) is 0 Å². The Labute approximate surface area is 121 Å². The minimum atomic E-state index is -0.196. The number of benzene rings is 1. The van der Waals surface area contributed by atoms with Crippen molar-refractivity contribution >= 4 is 18.3 Å². The smallest absolute Gasteiger partial charge is 0.224 e. The lowest BCUT2D eigenvalue weighted by molar-refractivity contribution is -0.133. The van der Waals surface area contributed by atoms with Crippen molar-refractivity contribution in [3.05, 3.63) is 35.9 Å². The Hall–Kier alpha value is -1.06. The summed E-state index contributed by atoms with van der Waals surface area (Å²) < 4.78 is 0. The van der Waals surface area contributed by atoms with Crippen LogP contribution in [0.3, 0.4) is 0 Å². The van der Waals surface area contributed by atoms with E-state index in [0.29, 0.717) is 18.5 Å². The van der Waals surface area contributed by atoms with Gasteiger partial charge in [0.15, 0.2) is 0 Å². The molecule has 3 unspecified atom stereocenters. The van der Waals surface area contributed by atoms with Gasteiger partial charge in [0.25, 0.3) is 0 Å². The molecule has 0 saturated carbocycles. The van der Waals surface area contributed by atoms with Crippen molar-refractivity contribution in [2.75, 3.05) is 0 Å². The summed E-state index contributed by atoms with van der Waals surface area (Å²) in [6, 6.07) is 10.4. The zero-order valence-corrected chi connectivity index (χ0v) is 12.4. The molecule has 0 aliphatic carbocycles. The summed E-state index contributed by atoms with van der Waals surface area (Å²) in [5, 5.41) is 0. The van der Waals surface area contributed by atoms with Gasteiger partial charge in [-0.2, -0.15) is 0 Å². The Morgan fingerprint density at radius 3 is 2.32 bits per heavy atom. The average molecular weight is 283 g/mol. The quantitative estimate of drug-likeness (QED) is 0.927.